The molecule has 0 bridgehead atoms. The van der Waals surface area contributed by atoms with Gasteiger partial charge in [0, 0.05) is 31.2 Å². The van der Waals surface area contributed by atoms with Gasteiger partial charge in [0.05, 0.1) is 0 Å². The van der Waals surface area contributed by atoms with Gasteiger partial charge in [-0.3, -0.25) is 4.79 Å². The highest BCUT2D eigenvalue weighted by molar-refractivity contribution is 7.91. The van der Waals surface area contributed by atoms with Crippen LogP contribution in [0, 0.1) is 0 Å². The van der Waals surface area contributed by atoms with E-state index in [9.17, 15) is 13.2 Å². The van der Waals surface area contributed by atoms with Crippen LogP contribution in [-0.4, -0.2) is 38.4 Å². The first-order chi connectivity index (χ1) is 12.0. The number of carbonyl (C=O) groups is 1. The third-order valence-electron chi connectivity index (χ3n) is 4.30. The average Bonchev–Trinajstić information content (AvgIpc) is 3.17. The van der Waals surface area contributed by atoms with E-state index in [1.54, 1.807) is 34.5 Å². The fraction of sp³-hybridized carbons (Fsp3) is 0.353. The molecular formula is C17H22ClN3O3S2. The summed E-state index contributed by atoms with van der Waals surface area (Å²) in [5, 5.41) is 1.74. The standard InChI is InChI=1S/C17H21N3O3S2.ClH/c18-12-13-3-5-14(6-4-13)17(21)20-9-7-15(8-10-20)19-25(22,23)16-2-1-11-24-16;/h1-6,11,15,19H,7-10,12,18H2;1H. The summed E-state index contributed by atoms with van der Waals surface area (Å²) in [5.41, 5.74) is 7.19. The number of carbonyl (C=O) groups excluding carboxylic acids is 1. The first-order valence-corrected chi connectivity index (χ1v) is 10.5. The minimum absolute atomic E-state index is 0. The Hall–Kier alpha value is -1.45. The van der Waals surface area contributed by atoms with Gasteiger partial charge in [-0.05, 0) is 42.0 Å². The molecule has 0 radical (unpaired) electrons. The predicted octanol–water partition coefficient (Wildman–Crippen LogP) is 2.21. The molecule has 2 aromatic rings. The Bertz CT molecular complexity index is 815. The first-order valence-electron chi connectivity index (χ1n) is 8.14. The Morgan fingerprint density at radius 1 is 1.19 bits per heavy atom. The molecule has 1 aliphatic rings. The molecule has 1 amide bonds. The van der Waals surface area contributed by atoms with Crippen molar-refractivity contribution in [2.45, 2.75) is 29.6 Å². The summed E-state index contributed by atoms with van der Waals surface area (Å²) in [6.45, 7) is 1.52. The van der Waals surface area contributed by atoms with Gasteiger partial charge in [-0.15, -0.1) is 23.7 Å². The molecule has 26 heavy (non-hydrogen) atoms. The highest BCUT2D eigenvalue weighted by atomic mass is 35.5. The van der Waals surface area contributed by atoms with Crippen LogP contribution in [0.25, 0.3) is 0 Å². The number of nitrogens with two attached hydrogens (primary N) is 1. The molecule has 1 aromatic carbocycles. The van der Waals surface area contributed by atoms with Crippen molar-refractivity contribution in [1.82, 2.24) is 9.62 Å². The number of sulfonamides is 1. The highest BCUT2D eigenvalue weighted by Crippen LogP contribution is 2.19. The monoisotopic (exact) mass is 415 g/mol. The van der Waals surface area contributed by atoms with Gasteiger partial charge in [-0.2, -0.15) is 0 Å². The lowest BCUT2D eigenvalue weighted by atomic mass is 10.0. The van der Waals surface area contributed by atoms with Crippen molar-refractivity contribution >= 4 is 39.7 Å². The fourth-order valence-corrected chi connectivity index (χ4v) is 5.17. The minimum Gasteiger partial charge on any atom is -0.339 e. The Morgan fingerprint density at radius 2 is 1.85 bits per heavy atom. The molecule has 1 aromatic heterocycles. The fourth-order valence-electron chi connectivity index (χ4n) is 2.86. The van der Waals surface area contributed by atoms with Gasteiger partial charge in [-0.25, -0.2) is 13.1 Å². The molecule has 9 heteroatoms. The van der Waals surface area contributed by atoms with E-state index in [4.69, 9.17) is 5.73 Å². The minimum atomic E-state index is -3.46. The van der Waals surface area contributed by atoms with Gasteiger partial charge in [0.2, 0.25) is 10.0 Å². The van der Waals surface area contributed by atoms with Crippen LogP contribution in [0.5, 0.6) is 0 Å². The van der Waals surface area contributed by atoms with Crippen molar-refractivity contribution in [2.75, 3.05) is 13.1 Å². The topological polar surface area (TPSA) is 92.5 Å². The first kappa shape index (κ1) is 20.9. The summed E-state index contributed by atoms with van der Waals surface area (Å²) >= 11 is 1.20. The molecule has 2 heterocycles. The summed E-state index contributed by atoms with van der Waals surface area (Å²) in [5.74, 6) is -0.0249. The molecular weight excluding hydrogens is 394 g/mol. The third-order valence-corrected chi connectivity index (χ3v) is 7.22. The Labute approximate surface area is 163 Å². The predicted molar refractivity (Wildman–Crippen MR) is 105 cm³/mol. The van der Waals surface area contributed by atoms with E-state index in [0.29, 0.717) is 42.2 Å². The Morgan fingerprint density at radius 3 is 2.38 bits per heavy atom. The van der Waals surface area contributed by atoms with Gasteiger partial charge in [0.25, 0.3) is 5.91 Å². The molecule has 1 aliphatic heterocycles. The van der Waals surface area contributed by atoms with E-state index in [1.165, 1.54) is 11.3 Å². The van der Waals surface area contributed by atoms with E-state index in [2.05, 4.69) is 4.72 Å². The Balaban J connectivity index is 0.00000243. The zero-order valence-electron chi connectivity index (χ0n) is 14.1. The van der Waals surface area contributed by atoms with E-state index in [0.717, 1.165) is 5.56 Å². The number of benzene rings is 1. The Kier molecular flexibility index (Phi) is 7.19. The summed E-state index contributed by atoms with van der Waals surface area (Å²) in [4.78, 5) is 14.3. The molecule has 3 rings (SSSR count). The maximum atomic E-state index is 12.5. The van der Waals surface area contributed by atoms with Crippen molar-refractivity contribution in [3.8, 4) is 0 Å². The number of likely N-dealkylation sites (tertiary alicyclic amines) is 1. The van der Waals surface area contributed by atoms with Gasteiger partial charge in [0.1, 0.15) is 4.21 Å². The number of thiophene rings is 1. The molecule has 1 fully saturated rings. The molecule has 142 valence electrons. The molecule has 0 unspecified atom stereocenters. The van der Waals surface area contributed by atoms with Crippen LogP contribution >= 0.6 is 23.7 Å². The number of piperidine rings is 1. The van der Waals surface area contributed by atoms with E-state index >= 15 is 0 Å². The van der Waals surface area contributed by atoms with Crippen LogP contribution in [-0.2, 0) is 16.6 Å². The van der Waals surface area contributed by atoms with Crippen molar-refractivity contribution in [3.63, 3.8) is 0 Å². The lowest BCUT2D eigenvalue weighted by Crippen LogP contribution is -2.46. The number of hydrogen-bond acceptors (Lipinski definition) is 5. The summed E-state index contributed by atoms with van der Waals surface area (Å²) in [6.07, 6.45) is 1.22. The van der Waals surface area contributed by atoms with E-state index in [-0.39, 0.29) is 24.4 Å². The van der Waals surface area contributed by atoms with Crippen molar-refractivity contribution < 1.29 is 13.2 Å². The second kappa shape index (κ2) is 8.96. The lowest BCUT2D eigenvalue weighted by molar-refractivity contribution is 0.0711. The van der Waals surface area contributed by atoms with E-state index < -0.39 is 10.0 Å². The van der Waals surface area contributed by atoms with Gasteiger partial charge < -0.3 is 10.6 Å². The zero-order chi connectivity index (χ0) is 17.9. The zero-order valence-corrected chi connectivity index (χ0v) is 16.6. The number of halogens is 1. The van der Waals surface area contributed by atoms with Gasteiger partial charge in [-0.1, -0.05) is 18.2 Å². The molecule has 0 aliphatic carbocycles. The van der Waals surface area contributed by atoms with Gasteiger partial charge in [0.15, 0.2) is 0 Å². The summed E-state index contributed by atoms with van der Waals surface area (Å²) in [7, 11) is -3.46. The molecule has 0 atom stereocenters. The van der Waals surface area contributed by atoms with Crippen molar-refractivity contribution in [3.05, 3.63) is 52.9 Å². The number of nitrogens with one attached hydrogen (secondary N) is 1. The molecule has 0 saturated carbocycles. The van der Waals surface area contributed by atoms with Crippen LogP contribution in [0.2, 0.25) is 0 Å². The van der Waals surface area contributed by atoms with Crippen LogP contribution in [0.3, 0.4) is 0 Å². The SMILES string of the molecule is Cl.NCc1ccc(C(=O)N2CCC(NS(=O)(=O)c3cccs3)CC2)cc1. The van der Waals surface area contributed by atoms with Crippen molar-refractivity contribution in [2.24, 2.45) is 5.73 Å². The van der Waals surface area contributed by atoms with Crippen LogP contribution in [0.1, 0.15) is 28.8 Å². The molecule has 6 nitrogen and oxygen atoms in total. The number of hydrogen-bond donors (Lipinski definition) is 2. The number of amides is 1. The average molecular weight is 416 g/mol. The molecule has 3 N–H and O–H groups in total. The lowest BCUT2D eigenvalue weighted by Gasteiger charge is -2.32. The maximum Gasteiger partial charge on any atom is 0.253 e. The van der Waals surface area contributed by atoms with E-state index in [1.807, 2.05) is 12.1 Å². The van der Waals surface area contributed by atoms with Crippen LogP contribution < -0.4 is 10.5 Å². The second-order valence-corrected chi connectivity index (χ2v) is 8.91. The van der Waals surface area contributed by atoms with Gasteiger partial charge >= 0.3 is 0 Å². The third kappa shape index (κ3) is 4.83. The quantitative estimate of drug-likeness (QED) is 0.783. The van der Waals surface area contributed by atoms with Crippen LogP contribution in [0.15, 0.2) is 46.0 Å². The summed E-state index contributed by atoms with van der Waals surface area (Å²) in [6, 6.07) is 10.5. The highest BCUT2D eigenvalue weighted by Gasteiger charge is 2.27. The maximum absolute atomic E-state index is 12.5. The number of rotatable bonds is 5. The summed E-state index contributed by atoms with van der Waals surface area (Å²) < 4.78 is 27.6. The largest absolute Gasteiger partial charge is 0.339 e. The van der Waals surface area contributed by atoms with Crippen molar-refractivity contribution in [1.29, 1.82) is 0 Å². The van der Waals surface area contributed by atoms with Crippen LogP contribution in [0.4, 0.5) is 0 Å². The second-order valence-electron chi connectivity index (χ2n) is 6.02. The molecule has 1 saturated heterocycles. The number of nitrogens with zero attached hydrogens (tertiary/aromatic N) is 1. The normalized spacial score (nSPS) is 15.5. The smallest absolute Gasteiger partial charge is 0.253 e. The molecule has 0 spiro atoms.